The van der Waals surface area contributed by atoms with Gasteiger partial charge in [-0.05, 0) is 89.3 Å². The van der Waals surface area contributed by atoms with Gasteiger partial charge in [0.15, 0.2) is 0 Å². The molecule has 0 bridgehead atoms. The highest BCUT2D eigenvalue weighted by molar-refractivity contribution is 7.19. The number of esters is 1. The molecule has 0 saturated heterocycles. The van der Waals surface area contributed by atoms with Crippen molar-refractivity contribution in [1.29, 1.82) is 0 Å². The molecule has 0 spiro atoms. The SMILES string of the molecule is Cc1cc2nc(CC(C)C)sc2c(-c2ccc(Cl)cc2)c1[C@@H](COC(=O)C(C)(C)C)OC(C)(C)C. The lowest BCUT2D eigenvalue weighted by Crippen LogP contribution is -2.30. The van der Waals surface area contributed by atoms with Crippen LogP contribution in [0.25, 0.3) is 21.3 Å². The van der Waals surface area contributed by atoms with Crippen molar-refractivity contribution in [1.82, 2.24) is 4.98 Å². The highest BCUT2D eigenvalue weighted by Crippen LogP contribution is 2.43. The summed E-state index contributed by atoms with van der Waals surface area (Å²) in [4.78, 5) is 17.6. The maximum Gasteiger partial charge on any atom is 0.311 e. The molecular formula is C29H38ClNO3S. The number of ether oxygens (including phenoxy) is 2. The van der Waals surface area contributed by atoms with Crippen LogP contribution < -0.4 is 0 Å². The number of carbonyl (C=O) groups is 1. The van der Waals surface area contributed by atoms with Crippen molar-refractivity contribution in [2.45, 2.75) is 80.4 Å². The zero-order valence-corrected chi connectivity index (χ0v) is 24.0. The van der Waals surface area contributed by atoms with E-state index >= 15 is 0 Å². The van der Waals surface area contributed by atoms with E-state index in [9.17, 15) is 4.79 Å². The van der Waals surface area contributed by atoms with Crippen LogP contribution in [0.4, 0.5) is 0 Å². The lowest BCUT2D eigenvalue weighted by atomic mass is 9.91. The van der Waals surface area contributed by atoms with Gasteiger partial charge in [-0.2, -0.15) is 0 Å². The summed E-state index contributed by atoms with van der Waals surface area (Å²) in [5.74, 6) is 0.271. The van der Waals surface area contributed by atoms with Crippen molar-refractivity contribution >= 4 is 39.1 Å². The number of aromatic nitrogens is 1. The van der Waals surface area contributed by atoms with E-state index in [0.717, 1.165) is 43.9 Å². The molecule has 0 saturated carbocycles. The van der Waals surface area contributed by atoms with Crippen LogP contribution >= 0.6 is 22.9 Å². The summed E-state index contributed by atoms with van der Waals surface area (Å²) in [6.07, 6.45) is 0.492. The third-order valence-corrected chi connectivity index (χ3v) is 6.85. The number of halogens is 1. The molecule has 0 radical (unpaired) electrons. The van der Waals surface area contributed by atoms with Crippen LogP contribution in [0.1, 0.15) is 77.6 Å². The van der Waals surface area contributed by atoms with Crippen molar-refractivity contribution in [3.63, 3.8) is 0 Å². The summed E-state index contributed by atoms with van der Waals surface area (Å²) in [7, 11) is 0. The molecule has 1 atom stereocenters. The standard InChI is InChI=1S/C29H38ClNO3S/c1-17(2)14-23-31-21-15-18(3)24(25(26(21)35-23)19-10-12-20(30)13-11-19)22(34-29(7,8)9)16-33-27(32)28(4,5)6/h10-13,15,17,22H,14,16H2,1-9H3/t22-/m1/s1. The van der Waals surface area contributed by atoms with Crippen molar-refractivity contribution < 1.29 is 14.3 Å². The van der Waals surface area contributed by atoms with Crippen molar-refractivity contribution in [2.75, 3.05) is 6.61 Å². The second-order valence-corrected chi connectivity index (χ2v) is 13.1. The molecule has 4 nitrogen and oxygen atoms in total. The summed E-state index contributed by atoms with van der Waals surface area (Å²) in [5, 5.41) is 1.81. The maximum atomic E-state index is 12.7. The Kier molecular flexibility index (Phi) is 8.35. The number of nitrogens with zero attached hydrogens (tertiary/aromatic N) is 1. The molecular weight excluding hydrogens is 478 g/mol. The number of rotatable bonds is 7. The van der Waals surface area contributed by atoms with E-state index in [1.807, 2.05) is 65.8 Å². The van der Waals surface area contributed by atoms with E-state index in [-0.39, 0.29) is 12.6 Å². The Balaban J connectivity index is 2.24. The molecule has 0 aliphatic rings. The number of carbonyl (C=O) groups excluding carboxylic acids is 1. The molecule has 1 aromatic heterocycles. The summed E-state index contributed by atoms with van der Waals surface area (Å²) in [5.41, 5.74) is 4.16. The lowest BCUT2D eigenvalue weighted by Gasteiger charge is -2.31. The normalized spacial score (nSPS) is 13.5. The molecule has 1 heterocycles. The lowest BCUT2D eigenvalue weighted by molar-refractivity contribution is -0.162. The van der Waals surface area contributed by atoms with Crippen LogP contribution in [-0.2, 0) is 20.7 Å². The van der Waals surface area contributed by atoms with Crippen LogP contribution in [0.2, 0.25) is 5.02 Å². The molecule has 0 N–H and O–H groups in total. The molecule has 0 aliphatic heterocycles. The average molecular weight is 516 g/mol. The highest BCUT2D eigenvalue weighted by atomic mass is 35.5. The van der Waals surface area contributed by atoms with Crippen molar-refractivity contribution in [2.24, 2.45) is 11.3 Å². The van der Waals surface area contributed by atoms with Gasteiger partial charge in [-0.3, -0.25) is 4.79 Å². The van der Waals surface area contributed by atoms with E-state index < -0.39 is 17.1 Å². The first-order chi connectivity index (χ1) is 16.2. The van der Waals surface area contributed by atoms with Crippen molar-refractivity contribution in [3.05, 3.63) is 51.5 Å². The smallest absolute Gasteiger partial charge is 0.311 e. The number of hydrogen-bond donors (Lipinski definition) is 0. The van der Waals surface area contributed by atoms with Crippen LogP contribution in [-0.4, -0.2) is 23.2 Å². The molecule has 0 unspecified atom stereocenters. The number of thiazole rings is 1. The monoisotopic (exact) mass is 515 g/mol. The Morgan fingerprint density at radius 3 is 2.26 bits per heavy atom. The van der Waals surface area contributed by atoms with Crippen LogP contribution in [0, 0.1) is 18.3 Å². The van der Waals surface area contributed by atoms with Gasteiger partial charge in [0.2, 0.25) is 0 Å². The topological polar surface area (TPSA) is 48.4 Å². The van der Waals surface area contributed by atoms with Crippen LogP contribution in [0.15, 0.2) is 30.3 Å². The zero-order valence-electron chi connectivity index (χ0n) is 22.4. The molecule has 190 valence electrons. The minimum absolute atomic E-state index is 0.137. The minimum atomic E-state index is -0.590. The van der Waals surface area contributed by atoms with Crippen LogP contribution in [0.3, 0.4) is 0 Å². The van der Waals surface area contributed by atoms with Gasteiger partial charge in [0, 0.05) is 17.0 Å². The Morgan fingerprint density at radius 1 is 1.09 bits per heavy atom. The largest absolute Gasteiger partial charge is 0.462 e. The van der Waals surface area contributed by atoms with Gasteiger partial charge < -0.3 is 9.47 Å². The Hall–Kier alpha value is -1.95. The molecule has 3 aromatic rings. The fourth-order valence-electron chi connectivity index (χ4n) is 3.98. The maximum absolute atomic E-state index is 12.7. The van der Waals surface area contributed by atoms with E-state index in [1.165, 1.54) is 0 Å². The first-order valence-corrected chi connectivity index (χ1v) is 13.4. The minimum Gasteiger partial charge on any atom is -0.462 e. The summed E-state index contributed by atoms with van der Waals surface area (Å²) in [6, 6.07) is 10.0. The summed E-state index contributed by atoms with van der Waals surface area (Å²) >= 11 is 7.97. The summed E-state index contributed by atoms with van der Waals surface area (Å²) < 4.78 is 13.5. The molecule has 6 heteroatoms. The van der Waals surface area contributed by atoms with Crippen LogP contribution in [0.5, 0.6) is 0 Å². The zero-order chi connectivity index (χ0) is 26.1. The predicted molar refractivity (Wildman–Crippen MR) is 147 cm³/mol. The van der Waals surface area contributed by atoms with Crippen molar-refractivity contribution in [3.8, 4) is 11.1 Å². The van der Waals surface area contributed by atoms with Gasteiger partial charge in [0.1, 0.15) is 12.7 Å². The second kappa shape index (κ2) is 10.6. The van der Waals surface area contributed by atoms with E-state index in [2.05, 4.69) is 26.8 Å². The van der Waals surface area contributed by atoms with E-state index in [0.29, 0.717) is 10.9 Å². The number of aryl methyl sites for hydroxylation is 1. The number of hydrogen-bond acceptors (Lipinski definition) is 5. The fraction of sp³-hybridized carbons (Fsp3) is 0.517. The second-order valence-electron chi connectivity index (χ2n) is 11.6. The molecule has 2 aromatic carbocycles. The molecule has 0 fully saturated rings. The quantitative estimate of drug-likeness (QED) is 0.295. The molecule has 0 amide bonds. The van der Waals surface area contributed by atoms with Gasteiger partial charge in [0.05, 0.1) is 26.2 Å². The van der Waals surface area contributed by atoms with Gasteiger partial charge in [-0.25, -0.2) is 4.98 Å². The average Bonchev–Trinajstić information content (AvgIpc) is 3.10. The number of benzene rings is 2. The summed E-state index contributed by atoms with van der Waals surface area (Å²) in [6.45, 7) is 18.3. The Morgan fingerprint density at radius 2 is 1.71 bits per heavy atom. The highest BCUT2D eigenvalue weighted by Gasteiger charge is 2.30. The first-order valence-electron chi connectivity index (χ1n) is 12.2. The van der Waals surface area contributed by atoms with Gasteiger partial charge in [-0.1, -0.05) is 37.6 Å². The van der Waals surface area contributed by atoms with Gasteiger partial charge >= 0.3 is 5.97 Å². The Labute approximate surface area is 219 Å². The molecule has 3 rings (SSSR count). The molecule has 35 heavy (non-hydrogen) atoms. The van der Waals surface area contributed by atoms with Gasteiger partial charge in [-0.15, -0.1) is 11.3 Å². The first kappa shape index (κ1) is 27.6. The third-order valence-electron chi connectivity index (χ3n) is 5.48. The molecule has 0 aliphatic carbocycles. The Bertz CT molecular complexity index is 1180. The van der Waals surface area contributed by atoms with Gasteiger partial charge in [0.25, 0.3) is 0 Å². The van der Waals surface area contributed by atoms with E-state index in [1.54, 1.807) is 11.3 Å². The third kappa shape index (κ3) is 7.05. The fourth-order valence-corrected chi connectivity index (χ4v) is 5.44. The number of fused-ring (bicyclic) bond motifs is 1. The van der Waals surface area contributed by atoms with E-state index in [4.69, 9.17) is 26.1 Å². The predicted octanol–water partition coefficient (Wildman–Crippen LogP) is 8.57.